The Morgan fingerprint density at radius 2 is 2.28 bits per heavy atom. The SMILES string of the molecule is CC(C)(COc1ccc(C#N)c(Cl)c1)C(=O)NN. The van der Waals surface area contributed by atoms with E-state index in [4.69, 9.17) is 27.4 Å². The third kappa shape index (κ3) is 3.36. The molecule has 1 amide bonds. The normalized spacial score (nSPS) is 10.6. The van der Waals surface area contributed by atoms with Crippen LogP contribution in [-0.4, -0.2) is 12.5 Å². The van der Waals surface area contributed by atoms with E-state index in [2.05, 4.69) is 5.43 Å². The van der Waals surface area contributed by atoms with Gasteiger partial charge >= 0.3 is 0 Å². The molecule has 18 heavy (non-hydrogen) atoms. The van der Waals surface area contributed by atoms with Crippen LogP contribution >= 0.6 is 11.6 Å². The summed E-state index contributed by atoms with van der Waals surface area (Å²) in [5.41, 5.74) is 1.71. The monoisotopic (exact) mass is 267 g/mol. The number of benzene rings is 1. The van der Waals surface area contributed by atoms with Crippen molar-refractivity contribution in [3.05, 3.63) is 28.8 Å². The highest BCUT2D eigenvalue weighted by Gasteiger charge is 2.28. The number of ether oxygens (including phenoxy) is 1. The van der Waals surface area contributed by atoms with Crippen LogP contribution in [0.5, 0.6) is 5.75 Å². The van der Waals surface area contributed by atoms with Crippen molar-refractivity contribution in [2.45, 2.75) is 13.8 Å². The van der Waals surface area contributed by atoms with E-state index < -0.39 is 5.41 Å². The number of carbonyl (C=O) groups excluding carboxylic acids is 1. The minimum atomic E-state index is -0.755. The molecule has 6 heteroatoms. The Kier molecular flexibility index (Phi) is 4.54. The minimum absolute atomic E-state index is 0.151. The summed E-state index contributed by atoms with van der Waals surface area (Å²) < 4.78 is 5.46. The molecule has 0 bridgehead atoms. The molecule has 0 aliphatic rings. The third-order valence-electron chi connectivity index (χ3n) is 2.41. The van der Waals surface area contributed by atoms with E-state index >= 15 is 0 Å². The maximum atomic E-state index is 11.4. The maximum absolute atomic E-state index is 11.4. The number of rotatable bonds is 4. The summed E-state index contributed by atoms with van der Waals surface area (Å²) in [6.45, 7) is 3.57. The van der Waals surface area contributed by atoms with Crippen molar-refractivity contribution in [1.82, 2.24) is 5.43 Å². The second-order valence-electron chi connectivity index (χ2n) is 4.40. The lowest BCUT2D eigenvalue weighted by molar-refractivity contribution is -0.130. The van der Waals surface area contributed by atoms with Crippen molar-refractivity contribution < 1.29 is 9.53 Å². The van der Waals surface area contributed by atoms with Gasteiger partial charge in [-0.25, -0.2) is 5.84 Å². The molecule has 1 aromatic carbocycles. The average molecular weight is 268 g/mol. The first-order chi connectivity index (χ1) is 8.40. The predicted molar refractivity (Wildman–Crippen MR) is 67.8 cm³/mol. The van der Waals surface area contributed by atoms with Gasteiger partial charge in [0.15, 0.2) is 0 Å². The molecule has 3 N–H and O–H groups in total. The van der Waals surface area contributed by atoms with E-state index in [1.165, 1.54) is 6.07 Å². The standard InChI is InChI=1S/C12H14ClN3O2/c1-12(2,11(17)16-15)7-18-9-4-3-8(6-14)10(13)5-9/h3-5H,7,15H2,1-2H3,(H,16,17). The molecule has 0 atom stereocenters. The predicted octanol–water partition coefficient (Wildman–Crippen LogP) is 1.61. The molecule has 0 saturated carbocycles. The Balaban J connectivity index is 2.73. The average Bonchev–Trinajstić information content (AvgIpc) is 2.35. The molecular formula is C12H14ClN3O2. The lowest BCUT2D eigenvalue weighted by atomic mass is 9.94. The summed E-state index contributed by atoms with van der Waals surface area (Å²) in [4.78, 5) is 11.4. The van der Waals surface area contributed by atoms with Crippen LogP contribution in [0.1, 0.15) is 19.4 Å². The van der Waals surface area contributed by atoms with Crippen molar-refractivity contribution in [3.63, 3.8) is 0 Å². The smallest absolute Gasteiger partial charge is 0.242 e. The lowest BCUT2D eigenvalue weighted by Crippen LogP contribution is -2.44. The number of halogens is 1. The fourth-order valence-corrected chi connectivity index (χ4v) is 1.41. The number of nitrogens with zero attached hydrogens (tertiary/aromatic N) is 1. The van der Waals surface area contributed by atoms with Gasteiger partial charge in [-0.3, -0.25) is 10.2 Å². The molecule has 0 unspecified atom stereocenters. The summed E-state index contributed by atoms with van der Waals surface area (Å²) in [7, 11) is 0. The van der Waals surface area contributed by atoms with Crippen molar-refractivity contribution in [3.8, 4) is 11.8 Å². The summed E-state index contributed by atoms with van der Waals surface area (Å²) in [5, 5.41) is 9.05. The number of hydrogen-bond donors (Lipinski definition) is 2. The lowest BCUT2D eigenvalue weighted by Gasteiger charge is -2.22. The number of nitrogens with two attached hydrogens (primary N) is 1. The van der Waals surface area contributed by atoms with Crippen LogP contribution in [0.3, 0.4) is 0 Å². The van der Waals surface area contributed by atoms with Crippen LogP contribution in [0.4, 0.5) is 0 Å². The van der Waals surface area contributed by atoms with Crippen molar-refractivity contribution in [1.29, 1.82) is 5.26 Å². The Morgan fingerprint density at radius 1 is 1.61 bits per heavy atom. The zero-order valence-corrected chi connectivity index (χ0v) is 10.9. The topological polar surface area (TPSA) is 88.1 Å². The Bertz CT molecular complexity index is 495. The second kappa shape index (κ2) is 5.71. The first-order valence-corrected chi connectivity index (χ1v) is 5.62. The molecule has 1 aromatic rings. The van der Waals surface area contributed by atoms with Gasteiger partial charge in [0.2, 0.25) is 5.91 Å². The molecule has 0 fully saturated rings. The molecule has 0 saturated heterocycles. The number of nitriles is 1. The van der Waals surface area contributed by atoms with Crippen LogP contribution in [-0.2, 0) is 4.79 Å². The molecular weight excluding hydrogens is 254 g/mol. The van der Waals surface area contributed by atoms with E-state index in [0.717, 1.165) is 0 Å². The van der Waals surface area contributed by atoms with E-state index in [-0.39, 0.29) is 12.5 Å². The van der Waals surface area contributed by atoms with Gasteiger partial charge in [-0.2, -0.15) is 5.26 Å². The number of nitrogens with one attached hydrogen (secondary N) is 1. The Labute approximate surface area is 110 Å². The molecule has 0 aliphatic carbocycles. The largest absolute Gasteiger partial charge is 0.492 e. The maximum Gasteiger partial charge on any atom is 0.242 e. The molecule has 5 nitrogen and oxygen atoms in total. The number of amides is 1. The van der Waals surface area contributed by atoms with Crippen molar-refractivity contribution >= 4 is 17.5 Å². The first kappa shape index (κ1) is 14.3. The van der Waals surface area contributed by atoms with E-state index in [0.29, 0.717) is 16.3 Å². The first-order valence-electron chi connectivity index (χ1n) is 5.24. The van der Waals surface area contributed by atoms with Gasteiger partial charge in [0.1, 0.15) is 18.4 Å². The number of hydrogen-bond acceptors (Lipinski definition) is 4. The minimum Gasteiger partial charge on any atom is -0.492 e. The zero-order chi connectivity index (χ0) is 13.8. The van der Waals surface area contributed by atoms with E-state index in [1.54, 1.807) is 26.0 Å². The summed E-state index contributed by atoms with van der Waals surface area (Å²) in [6.07, 6.45) is 0. The van der Waals surface area contributed by atoms with Crippen LogP contribution in [0, 0.1) is 16.7 Å². The van der Waals surface area contributed by atoms with E-state index in [1.807, 2.05) is 6.07 Å². The molecule has 96 valence electrons. The van der Waals surface area contributed by atoms with Crippen LogP contribution in [0.2, 0.25) is 5.02 Å². The van der Waals surface area contributed by atoms with Gasteiger partial charge in [-0.1, -0.05) is 11.6 Å². The molecule has 0 spiro atoms. The zero-order valence-electron chi connectivity index (χ0n) is 10.2. The molecule has 0 aromatic heterocycles. The number of hydrazine groups is 1. The van der Waals surface area contributed by atoms with Crippen molar-refractivity contribution in [2.24, 2.45) is 11.3 Å². The van der Waals surface area contributed by atoms with Gasteiger partial charge in [0, 0.05) is 6.07 Å². The van der Waals surface area contributed by atoms with Gasteiger partial charge in [0.25, 0.3) is 0 Å². The third-order valence-corrected chi connectivity index (χ3v) is 2.72. The summed E-state index contributed by atoms with van der Waals surface area (Å²) in [5.74, 6) is 5.26. The molecule has 0 radical (unpaired) electrons. The van der Waals surface area contributed by atoms with Crippen LogP contribution < -0.4 is 16.0 Å². The fourth-order valence-electron chi connectivity index (χ4n) is 1.20. The van der Waals surface area contributed by atoms with Gasteiger partial charge in [-0.05, 0) is 26.0 Å². The molecule has 0 heterocycles. The second-order valence-corrected chi connectivity index (χ2v) is 4.81. The Morgan fingerprint density at radius 3 is 2.78 bits per heavy atom. The van der Waals surface area contributed by atoms with Crippen LogP contribution in [0.25, 0.3) is 0 Å². The van der Waals surface area contributed by atoms with Crippen molar-refractivity contribution in [2.75, 3.05) is 6.61 Å². The summed E-state index contributed by atoms with van der Waals surface area (Å²) >= 11 is 5.87. The number of carbonyl (C=O) groups is 1. The van der Waals surface area contributed by atoms with Gasteiger partial charge in [-0.15, -0.1) is 0 Å². The highest BCUT2D eigenvalue weighted by molar-refractivity contribution is 6.31. The van der Waals surface area contributed by atoms with Gasteiger partial charge < -0.3 is 4.74 Å². The van der Waals surface area contributed by atoms with E-state index in [9.17, 15) is 4.79 Å². The van der Waals surface area contributed by atoms with Gasteiger partial charge in [0.05, 0.1) is 16.0 Å². The Hall–Kier alpha value is -1.77. The highest BCUT2D eigenvalue weighted by atomic mass is 35.5. The molecule has 1 rings (SSSR count). The quantitative estimate of drug-likeness (QED) is 0.493. The summed E-state index contributed by atoms with van der Waals surface area (Å²) in [6, 6.07) is 6.68. The molecule has 0 aliphatic heterocycles. The highest BCUT2D eigenvalue weighted by Crippen LogP contribution is 2.24. The van der Waals surface area contributed by atoms with Crippen LogP contribution in [0.15, 0.2) is 18.2 Å². The fraction of sp³-hybridized carbons (Fsp3) is 0.333.